The van der Waals surface area contributed by atoms with Crippen LogP contribution in [0.4, 0.5) is 4.39 Å². The predicted octanol–water partition coefficient (Wildman–Crippen LogP) is 4.09. The number of ether oxygens (including phenoxy) is 2. The Morgan fingerprint density at radius 3 is 2.73 bits per heavy atom. The first-order valence-corrected chi connectivity index (χ1v) is 8.10. The third-order valence-corrected chi connectivity index (χ3v) is 4.16. The van der Waals surface area contributed by atoms with Crippen molar-refractivity contribution in [1.82, 2.24) is 4.90 Å². The number of halogens is 1. The zero-order valence-electron chi connectivity index (χ0n) is 14.1. The molecule has 0 aliphatic carbocycles. The van der Waals surface area contributed by atoms with Gasteiger partial charge < -0.3 is 18.8 Å². The van der Waals surface area contributed by atoms with Crippen LogP contribution in [0.3, 0.4) is 0 Å². The van der Waals surface area contributed by atoms with Crippen LogP contribution in [0.5, 0.6) is 11.5 Å². The Bertz CT molecular complexity index is 966. The van der Waals surface area contributed by atoms with Crippen molar-refractivity contribution >= 4 is 5.91 Å². The molecule has 26 heavy (non-hydrogen) atoms. The van der Waals surface area contributed by atoms with E-state index in [-0.39, 0.29) is 18.5 Å². The molecule has 0 saturated carbocycles. The lowest BCUT2D eigenvalue weighted by Gasteiger charge is -2.16. The molecule has 1 amide bonds. The molecule has 132 valence electrons. The summed E-state index contributed by atoms with van der Waals surface area (Å²) in [5.74, 6) is 1.17. The minimum Gasteiger partial charge on any atom is -0.454 e. The average molecular weight is 353 g/mol. The van der Waals surface area contributed by atoms with E-state index in [4.69, 9.17) is 13.9 Å². The lowest BCUT2D eigenvalue weighted by molar-refractivity contribution is 0.0754. The number of benzene rings is 2. The van der Waals surface area contributed by atoms with Gasteiger partial charge in [-0.3, -0.25) is 4.79 Å². The first-order valence-electron chi connectivity index (χ1n) is 8.10. The Hall–Kier alpha value is -3.28. The summed E-state index contributed by atoms with van der Waals surface area (Å²) in [5, 5.41) is 0. The Labute approximate surface area is 149 Å². The van der Waals surface area contributed by atoms with Gasteiger partial charge in [0.15, 0.2) is 17.3 Å². The van der Waals surface area contributed by atoms with Gasteiger partial charge in [0, 0.05) is 13.6 Å². The van der Waals surface area contributed by atoms with E-state index in [1.807, 2.05) is 18.2 Å². The van der Waals surface area contributed by atoms with Crippen LogP contribution in [0.2, 0.25) is 0 Å². The molecule has 1 aliphatic heterocycles. The van der Waals surface area contributed by atoms with Crippen LogP contribution in [0.15, 0.2) is 59.0 Å². The number of fused-ring (bicyclic) bond motifs is 1. The number of hydrogen-bond donors (Lipinski definition) is 0. The van der Waals surface area contributed by atoms with Crippen LogP contribution < -0.4 is 9.47 Å². The van der Waals surface area contributed by atoms with Crippen molar-refractivity contribution in [1.29, 1.82) is 0 Å². The predicted molar refractivity (Wildman–Crippen MR) is 92.5 cm³/mol. The number of furan rings is 1. The first-order chi connectivity index (χ1) is 12.6. The molecule has 3 aromatic rings. The maximum Gasteiger partial charge on any atom is 0.289 e. The topological polar surface area (TPSA) is 51.9 Å². The van der Waals surface area contributed by atoms with Crippen LogP contribution in [0.1, 0.15) is 16.1 Å². The Morgan fingerprint density at radius 2 is 1.88 bits per heavy atom. The highest BCUT2D eigenvalue weighted by molar-refractivity contribution is 5.92. The molecule has 0 spiro atoms. The van der Waals surface area contributed by atoms with Crippen molar-refractivity contribution in [3.63, 3.8) is 0 Å². The van der Waals surface area contributed by atoms with E-state index in [1.54, 1.807) is 37.4 Å². The highest BCUT2D eigenvalue weighted by Crippen LogP contribution is 2.33. The molecule has 2 heterocycles. The zero-order valence-corrected chi connectivity index (χ0v) is 14.1. The number of nitrogens with zero attached hydrogens (tertiary/aromatic N) is 1. The molecule has 0 fully saturated rings. The molecule has 6 heteroatoms. The number of rotatable bonds is 4. The number of amides is 1. The van der Waals surface area contributed by atoms with Crippen molar-refractivity contribution < 1.29 is 23.1 Å². The Balaban J connectivity index is 1.50. The van der Waals surface area contributed by atoms with Crippen LogP contribution >= 0.6 is 0 Å². The number of carbonyl (C=O) groups excluding carboxylic acids is 1. The second-order valence-corrected chi connectivity index (χ2v) is 5.99. The third kappa shape index (κ3) is 3.01. The van der Waals surface area contributed by atoms with Gasteiger partial charge in [0.05, 0.1) is 5.56 Å². The van der Waals surface area contributed by atoms with E-state index in [2.05, 4.69) is 0 Å². The highest BCUT2D eigenvalue weighted by Gasteiger charge is 2.19. The van der Waals surface area contributed by atoms with Gasteiger partial charge in [0.25, 0.3) is 5.91 Å². The second kappa shape index (κ2) is 6.55. The fourth-order valence-corrected chi connectivity index (χ4v) is 2.83. The largest absolute Gasteiger partial charge is 0.454 e. The van der Waals surface area contributed by atoms with E-state index in [0.29, 0.717) is 29.4 Å². The number of hydrogen-bond acceptors (Lipinski definition) is 4. The molecule has 0 saturated heterocycles. The Kier molecular flexibility index (Phi) is 4.08. The van der Waals surface area contributed by atoms with E-state index in [9.17, 15) is 9.18 Å². The molecule has 0 bridgehead atoms. The maximum absolute atomic E-state index is 13.9. The van der Waals surface area contributed by atoms with Crippen molar-refractivity contribution in [3.05, 3.63) is 71.7 Å². The monoisotopic (exact) mass is 353 g/mol. The minimum absolute atomic E-state index is 0.159. The summed E-state index contributed by atoms with van der Waals surface area (Å²) in [6.45, 7) is 0.587. The SMILES string of the molecule is CN(Cc1ccc2c(c1)OCO2)C(=O)c1ccc(-c2ccccc2F)o1. The lowest BCUT2D eigenvalue weighted by Crippen LogP contribution is -2.25. The maximum atomic E-state index is 13.9. The van der Waals surface area contributed by atoms with E-state index in [1.165, 1.54) is 11.0 Å². The lowest BCUT2D eigenvalue weighted by atomic mass is 10.1. The summed E-state index contributed by atoms with van der Waals surface area (Å²) < 4.78 is 30.1. The normalized spacial score (nSPS) is 12.2. The smallest absolute Gasteiger partial charge is 0.289 e. The molecule has 2 aromatic carbocycles. The first kappa shape index (κ1) is 16.2. The summed E-state index contributed by atoms with van der Waals surface area (Å²) in [6, 6.07) is 15.0. The van der Waals surface area contributed by atoms with Crippen molar-refractivity contribution in [2.75, 3.05) is 13.8 Å². The average Bonchev–Trinajstić information content (AvgIpc) is 3.30. The van der Waals surface area contributed by atoms with Crippen molar-refractivity contribution in [3.8, 4) is 22.8 Å². The molecule has 0 atom stereocenters. The summed E-state index contributed by atoms with van der Waals surface area (Å²) in [7, 11) is 1.68. The van der Waals surface area contributed by atoms with Crippen LogP contribution in [-0.4, -0.2) is 24.6 Å². The van der Waals surface area contributed by atoms with Crippen LogP contribution in [-0.2, 0) is 6.54 Å². The summed E-state index contributed by atoms with van der Waals surface area (Å²) in [5.41, 5.74) is 1.23. The van der Waals surface area contributed by atoms with Gasteiger partial charge in [-0.2, -0.15) is 0 Å². The van der Waals surface area contributed by atoms with Crippen molar-refractivity contribution in [2.45, 2.75) is 6.54 Å². The number of carbonyl (C=O) groups is 1. The molecule has 0 N–H and O–H groups in total. The molecule has 5 nitrogen and oxygen atoms in total. The second-order valence-electron chi connectivity index (χ2n) is 5.99. The fourth-order valence-electron chi connectivity index (χ4n) is 2.83. The minimum atomic E-state index is -0.394. The quantitative estimate of drug-likeness (QED) is 0.709. The molecule has 0 unspecified atom stereocenters. The van der Waals surface area contributed by atoms with Crippen LogP contribution in [0.25, 0.3) is 11.3 Å². The highest BCUT2D eigenvalue weighted by atomic mass is 19.1. The van der Waals surface area contributed by atoms with Gasteiger partial charge in [0.1, 0.15) is 11.6 Å². The van der Waals surface area contributed by atoms with Gasteiger partial charge >= 0.3 is 0 Å². The van der Waals surface area contributed by atoms with Gasteiger partial charge in [-0.25, -0.2) is 4.39 Å². The van der Waals surface area contributed by atoms with Gasteiger partial charge in [-0.1, -0.05) is 18.2 Å². The standard InChI is InChI=1S/C20H16FNO4/c1-22(11-13-6-7-17-19(10-13)25-12-24-17)20(23)18-9-8-16(26-18)14-4-2-3-5-15(14)21/h2-10H,11-12H2,1H3. The third-order valence-electron chi connectivity index (χ3n) is 4.16. The summed E-state index contributed by atoms with van der Waals surface area (Å²) in [6.07, 6.45) is 0. The summed E-state index contributed by atoms with van der Waals surface area (Å²) >= 11 is 0. The van der Waals surface area contributed by atoms with Gasteiger partial charge in [-0.05, 0) is 42.0 Å². The van der Waals surface area contributed by atoms with Gasteiger partial charge in [0.2, 0.25) is 6.79 Å². The molecule has 1 aromatic heterocycles. The van der Waals surface area contributed by atoms with E-state index < -0.39 is 5.82 Å². The van der Waals surface area contributed by atoms with Gasteiger partial charge in [-0.15, -0.1) is 0 Å². The fraction of sp³-hybridized carbons (Fsp3) is 0.150. The van der Waals surface area contributed by atoms with Crippen LogP contribution in [0, 0.1) is 5.82 Å². The molecular weight excluding hydrogens is 337 g/mol. The molecule has 0 radical (unpaired) electrons. The molecular formula is C20H16FNO4. The zero-order chi connectivity index (χ0) is 18.1. The van der Waals surface area contributed by atoms with Crippen molar-refractivity contribution in [2.24, 2.45) is 0 Å². The molecule has 4 rings (SSSR count). The molecule has 1 aliphatic rings. The van der Waals surface area contributed by atoms with E-state index >= 15 is 0 Å². The Morgan fingerprint density at radius 1 is 1.08 bits per heavy atom. The summed E-state index contributed by atoms with van der Waals surface area (Å²) in [4.78, 5) is 14.1. The van der Waals surface area contributed by atoms with E-state index in [0.717, 1.165) is 5.56 Å².